The van der Waals surface area contributed by atoms with E-state index < -0.39 is 44.1 Å². The van der Waals surface area contributed by atoms with Crippen LogP contribution in [-0.2, 0) is 28.6 Å². The van der Waals surface area contributed by atoms with Crippen LogP contribution in [0.3, 0.4) is 0 Å². The van der Waals surface area contributed by atoms with Crippen molar-refractivity contribution in [2.45, 2.75) is 47.7 Å². The summed E-state index contributed by atoms with van der Waals surface area (Å²) in [5.41, 5.74) is 0. The van der Waals surface area contributed by atoms with Gasteiger partial charge in [-0.3, -0.25) is 8.37 Å². The van der Waals surface area contributed by atoms with Gasteiger partial charge in [-0.05, 0) is 67.8 Å². The summed E-state index contributed by atoms with van der Waals surface area (Å²) in [6, 6.07) is 8.44. The fraction of sp³-hybridized carbons (Fsp3) is 0.333. The summed E-state index contributed by atoms with van der Waals surface area (Å²) in [6.45, 7) is 0. The molecule has 152 valence electrons. The second-order valence-corrected chi connectivity index (χ2v) is 9.56. The highest BCUT2D eigenvalue weighted by Gasteiger charge is 2.31. The van der Waals surface area contributed by atoms with Gasteiger partial charge in [0, 0.05) is 6.42 Å². The molecule has 0 spiro atoms. The summed E-state index contributed by atoms with van der Waals surface area (Å²) >= 11 is 0. The molecule has 2 atom stereocenters. The third-order valence-corrected chi connectivity index (χ3v) is 7.06. The Morgan fingerprint density at radius 3 is 1.39 bits per heavy atom. The van der Waals surface area contributed by atoms with Crippen molar-refractivity contribution in [1.29, 1.82) is 0 Å². The van der Waals surface area contributed by atoms with Gasteiger partial charge in [-0.1, -0.05) is 0 Å². The Morgan fingerprint density at radius 1 is 0.679 bits per heavy atom. The van der Waals surface area contributed by atoms with Crippen LogP contribution in [0, 0.1) is 11.6 Å². The van der Waals surface area contributed by atoms with E-state index in [9.17, 15) is 25.6 Å². The summed E-state index contributed by atoms with van der Waals surface area (Å²) in [5.74, 6) is -1.15. The molecule has 0 radical (unpaired) electrons. The highest BCUT2D eigenvalue weighted by atomic mass is 32.2. The predicted octanol–water partition coefficient (Wildman–Crippen LogP) is 3.39. The normalized spacial score (nSPS) is 20.8. The SMILES string of the molecule is O=S(=O)(OC1CCCC(OS(=O)(=O)c2ccc(F)cc2)C1)c1ccc(F)cc1. The Hall–Kier alpha value is -1.88. The van der Waals surface area contributed by atoms with Crippen molar-refractivity contribution < 1.29 is 34.0 Å². The second kappa shape index (κ2) is 8.24. The maximum absolute atomic E-state index is 13.0. The maximum Gasteiger partial charge on any atom is 0.297 e. The zero-order chi connectivity index (χ0) is 20.4. The second-order valence-electron chi connectivity index (χ2n) is 6.42. The van der Waals surface area contributed by atoms with E-state index in [1.165, 1.54) is 0 Å². The van der Waals surface area contributed by atoms with Gasteiger partial charge in [-0.2, -0.15) is 16.8 Å². The van der Waals surface area contributed by atoms with Gasteiger partial charge >= 0.3 is 0 Å². The van der Waals surface area contributed by atoms with E-state index in [0.717, 1.165) is 48.5 Å². The lowest BCUT2D eigenvalue weighted by Crippen LogP contribution is -2.31. The lowest BCUT2D eigenvalue weighted by atomic mass is 9.95. The van der Waals surface area contributed by atoms with E-state index in [1.54, 1.807) is 0 Å². The van der Waals surface area contributed by atoms with Crippen molar-refractivity contribution in [2.24, 2.45) is 0 Å². The molecule has 0 bridgehead atoms. The molecule has 1 aliphatic rings. The number of hydrogen-bond acceptors (Lipinski definition) is 6. The third-order valence-electron chi connectivity index (χ3n) is 4.31. The average Bonchev–Trinajstić information content (AvgIpc) is 2.62. The fourth-order valence-electron chi connectivity index (χ4n) is 2.95. The Bertz CT molecular complexity index is 935. The molecular weight excluding hydrogens is 414 g/mol. The van der Waals surface area contributed by atoms with E-state index >= 15 is 0 Å². The van der Waals surface area contributed by atoms with Crippen LogP contribution in [0.25, 0.3) is 0 Å². The summed E-state index contributed by atoms with van der Waals surface area (Å²) in [5, 5.41) is 0. The van der Waals surface area contributed by atoms with Gasteiger partial charge < -0.3 is 0 Å². The van der Waals surface area contributed by atoms with E-state index in [1.807, 2.05) is 0 Å². The van der Waals surface area contributed by atoms with Crippen LogP contribution in [-0.4, -0.2) is 29.0 Å². The minimum atomic E-state index is -4.11. The molecular formula is C18H18F2O6S2. The molecule has 28 heavy (non-hydrogen) atoms. The van der Waals surface area contributed by atoms with Gasteiger partial charge in [-0.15, -0.1) is 0 Å². The summed E-state index contributed by atoms with van der Waals surface area (Å²) < 4.78 is 85.6. The molecule has 0 aromatic heterocycles. The Kier molecular flexibility index (Phi) is 6.13. The molecule has 6 nitrogen and oxygen atoms in total. The van der Waals surface area contributed by atoms with Crippen molar-refractivity contribution in [3.05, 3.63) is 60.2 Å². The van der Waals surface area contributed by atoms with E-state index in [0.29, 0.717) is 19.3 Å². The molecule has 3 rings (SSSR count). The van der Waals surface area contributed by atoms with Crippen LogP contribution < -0.4 is 0 Å². The molecule has 10 heteroatoms. The molecule has 1 saturated carbocycles. The first-order valence-corrected chi connectivity index (χ1v) is 11.3. The highest BCUT2D eigenvalue weighted by molar-refractivity contribution is 7.87. The number of halogens is 2. The molecule has 0 N–H and O–H groups in total. The maximum atomic E-state index is 13.0. The molecule has 1 aliphatic carbocycles. The number of benzene rings is 2. The predicted molar refractivity (Wildman–Crippen MR) is 95.4 cm³/mol. The first-order chi connectivity index (χ1) is 13.2. The zero-order valence-corrected chi connectivity index (χ0v) is 16.3. The molecule has 0 amide bonds. The van der Waals surface area contributed by atoms with Crippen LogP contribution in [0.15, 0.2) is 58.3 Å². The van der Waals surface area contributed by atoms with Crippen molar-refractivity contribution in [3.63, 3.8) is 0 Å². The molecule has 0 saturated heterocycles. The van der Waals surface area contributed by atoms with Crippen molar-refractivity contribution in [2.75, 3.05) is 0 Å². The summed E-state index contributed by atoms with van der Waals surface area (Å²) in [4.78, 5) is -0.369. The molecule has 0 aliphatic heterocycles. The van der Waals surface area contributed by atoms with Crippen LogP contribution in [0.4, 0.5) is 8.78 Å². The minimum Gasteiger partial charge on any atom is -0.263 e. The minimum absolute atomic E-state index is 0.0564. The monoisotopic (exact) mass is 432 g/mol. The first kappa shape index (κ1) is 20.8. The molecule has 2 aromatic carbocycles. The third kappa shape index (κ3) is 5.13. The van der Waals surface area contributed by atoms with Gasteiger partial charge in [0.2, 0.25) is 0 Å². The van der Waals surface area contributed by atoms with Crippen molar-refractivity contribution in [1.82, 2.24) is 0 Å². The Morgan fingerprint density at radius 2 is 1.04 bits per heavy atom. The fourth-order valence-corrected chi connectivity index (χ4v) is 5.18. The van der Waals surface area contributed by atoms with Gasteiger partial charge in [0.25, 0.3) is 20.2 Å². The van der Waals surface area contributed by atoms with Crippen LogP contribution in [0.1, 0.15) is 25.7 Å². The lowest BCUT2D eigenvalue weighted by Gasteiger charge is -2.28. The Balaban J connectivity index is 1.67. The smallest absolute Gasteiger partial charge is 0.263 e. The van der Waals surface area contributed by atoms with Gasteiger partial charge in [0.05, 0.1) is 22.0 Å². The van der Waals surface area contributed by atoms with E-state index in [4.69, 9.17) is 8.37 Å². The zero-order valence-electron chi connectivity index (χ0n) is 14.6. The Labute approximate surface area is 162 Å². The molecule has 0 heterocycles. The largest absolute Gasteiger partial charge is 0.297 e. The summed E-state index contributed by atoms with van der Waals surface area (Å²) in [7, 11) is -8.23. The topological polar surface area (TPSA) is 86.7 Å². The van der Waals surface area contributed by atoms with Crippen molar-refractivity contribution in [3.8, 4) is 0 Å². The average molecular weight is 432 g/mol. The van der Waals surface area contributed by atoms with Crippen LogP contribution >= 0.6 is 0 Å². The van der Waals surface area contributed by atoms with Crippen molar-refractivity contribution >= 4 is 20.2 Å². The van der Waals surface area contributed by atoms with Gasteiger partial charge in [0.1, 0.15) is 11.6 Å². The van der Waals surface area contributed by atoms with Gasteiger partial charge in [-0.25, -0.2) is 8.78 Å². The van der Waals surface area contributed by atoms with Gasteiger partial charge in [0.15, 0.2) is 0 Å². The molecule has 2 aromatic rings. The number of rotatable bonds is 6. The highest BCUT2D eigenvalue weighted by Crippen LogP contribution is 2.29. The van der Waals surface area contributed by atoms with E-state index in [-0.39, 0.29) is 16.2 Å². The summed E-state index contributed by atoms with van der Waals surface area (Å²) in [6.07, 6.45) is -0.142. The number of hydrogen-bond donors (Lipinski definition) is 0. The lowest BCUT2D eigenvalue weighted by molar-refractivity contribution is 0.0759. The molecule has 1 fully saturated rings. The quantitative estimate of drug-likeness (QED) is 0.651. The first-order valence-electron chi connectivity index (χ1n) is 8.53. The molecule has 2 unspecified atom stereocenters. The van der Waals surface area contributed by atoms with E-state index in [2.05, 4.69) is 0 Å². The van der Waals surface area contributed by atoms with Crippen LogP contribution in [0.5, 0.6) is 0 Å². The van der Waals surface area contributed by atoms with Crippen LogP contribution in [0.2, 0.25) is 0 Å². The standard InChI is InChI=1S/C18H18F2O6S2/c19-13-4-8-17(9-5-13)27(21,22)25-15-2-1-3-16(12-15)26-28(23,24)18-10-6-14(20)7-11-18/h4-11,15-16H,1-3,12H2.